The van der Waals surface area contributed by atoms with Gasteiger partial charge in [0.25, 0.3) is 0 Å². The standard InChI is InChI=1S/C12H22N2O3/c1-8-5-10(8)7-14(4)12(17)13(3)6-9(2)11(15)16/h8-10H,5-7H2,1-4H3,(H,15,16). The van der Waals surface area contributed by atoms with Gasteiger partial charge in [-0.3, -0.25) is 4.79 Å². The minimum Gasteiger partial charge on any atom is -0.481 e. The largest absolute Gasteiger partial charge is 0.481 e. The fourth-order valence-corrected chi connectivity index (χ4v) is 1.94. The van der Waals surface area contributed by atoms with Crippen molar-refractivity contribution in [2.75, 3.05) is 27.2 Å². The van der Waals surface area contributed by atoms with Crippen molar-refractivity contribution in [3.8, 4) is 0 Å². The Bertz CT molecular complexity index is 306. The molecule has 17 heavy (non-hydrogen) atoms. The third-order valence-corrected chi connectivity index (χ3v) is 3.41. The molecule has 3 unspecified atom stereocenters. The highest BCUT2D eigenvalue weighted by Gasteiger charge is 2.34. The second-order valence-electron chi connectivity index (χ2n) is 5.26. The fourth-order valence-electron chi connectivity index (χ4n) is 1.94. The molecule has 5 nitrogen and oxygen atoms in total. The topological polar surface area (TPSA) is 60.9 Å². The third-order valence-electron chi connectivity index (χ3n) is 3.41. The van der Waals surface area contributed by atoms with Crippen molar-refractivity contribution in [2.45, 2.75) is 20.3 Å². The Balaban J connectivity index is 2.37. The number of carbonyl (C=O) groups excluding carboxylic acids is 1. The average molecular weight is 242 g/mol. The van der Waals surface area contributed by atoms with Gasteiger partial charge in [-0.1, -0.05) is 13.8 Å². The molecule has 1 aliphatic carbocycles. The van der Waals surface area contributed by atoms with Crippen LogP contribution in [0.3, 0.4) is 0 Å². The molecular formula is C12H22N2O3. The second kappa shape index (κ2) is 5.38. The molecule has 1 rings (SSSR count). The van der Waals surface area contributed by atoms with Gasteiger partial charge in [0.15, 0.2) is 0 Å². The van der Waals surface area contributed by atoms with Crippen LogP contribution < -0.4 is 0 Å². The zero-order valence-electron chi connectivity index (χ0n) is 11.0. The van der Waals surface area contributed by atoms with E-state index in [1.165, 1.54) is 11.3 Å². The predicted molar refractivity (Wildman–Crippen MR) is 64.7 cm³/mol. The highest BCUT2D eigenvalue weighted by molar-refractivity contribution is 5.75. The van der Waals surface area contributed by atoms with E-state index in [2.05, 4.69) is 6.92 Å². The Hall–Kier alpha value is -1.26. The molecule has 0 spiro atoms. The van der Waals surface area contributed by atoms with E-state index in [1.54, 1.807) is 25.9 Å². The van der Waals surface area contributed by atoms with Crippen molar-refractivity contribution in [2.24, 2.45) is 17.8 Å². The Labute approximate surface area is 102 Å². The van der Waals surface area contributed by atoms with Crippen LogP contribution in [0.2, 0.25) is 0 Å². The summed E-state index contributed by atoms with van der Waals surface area (Å²) in [6.07, 6.45) is 1.19. The molecule has 0 radical (unpaired) electrons. The first-order valence-electron chi connectivity index (χ1n) is 6.02. The lowest BCUT2D eigenvalue weighted by Crippen LogP contribution is -2.42. The lowest BCUT2D eigenvalue weighted by Gasteiger charge is -2.26. The summed E-state index contributed by atoms with van der Waals surface area (Å²) in [6.45, 7) is 4.80. The molecule has 98 valence electrons. The van der Waals surface area contributed by atoms with Crippen molar-refractivity contribution in [1.29, 1.82) is 0 Å². The lowest BCUT2D eigenvalue weighted by atomic mass is 10.2. The molecule has 1 aliphatic rings. The maximum atomic E-state index is 11.9. The molecule has 1 fully saturated rings. The van der Waals surface area contributed by atoms with Gasteiger partial charge >= 0.3 is 12.0 Å². The molecule has 0 aromatic carbocycles. The highest BCUT2D eigenvalue weighted by Crippen LogP contribution is 2.38. The number of carboxylic acids is 1. The van der Waals surface area contributed by atoms with E-state index in [9.17, 15) is 9.59 Å². The van der Waals surface area contributed by atoms with Gasteiger partial charge in [0.1, 0.15) is 0 Å². The van der Waals surface area contributed by atoms with Gasteiger partial charge in [-0.15, -0.1) is 0 Å². The smallest absolute Gasteiger partial charge is 0.319 e. The molecule has 3 atom stereocenters. The summed E-state index contributed by atoms with van der Waals surface area (Å²) in [5, 5.41) is 8.79. The van der Waals surface area contributed by atoms with E-state index in [-0.39, 0.29) is 12.6 Å². The molecule has 1 N–H and O–H groups in total. The second-order valence-corrected chi connectivity index (χ2v) is 5.26. The van der Waals surface area contributed by atoms with Crippen LogP contribution in [-0.2, 0) is 4.79 Å². The zero-order valence-corrected chi connectivity index (χ0v) is 11.0. The normalized spacial score (nSPS) is 24.0. The van der Waals surface area contributed by atoms with Crippen molar-refractivity contribution in [3.63, 3.8) is 0 Å². The van der Waals surface area contributed by atoms with E-state index in [0.717, 1.165) is 6.54 Å². The van der Waals surface area contributed by atoms with Crippen LogP contribution in [0.1, 0.15) is 20.3 Å². The molecule has 0 heterocycles. The number of aliphatic carboxylic acids is 1. The van der Waals surface area contributed by atoms with Crippen LogP contribution in [0.4, 0.5) is 4.79 Å². The minimum atomic E-state index is -0.872. The number of carbonyl (C=O) groups is 2. The van der Waals surface area contributed by atoms with Crippen LogP contribution in [0, 0.1) is 17.8 Å². The van der Waals surface area contributed by atoms with Gasteiger partial charge in [-0.25, -0.2) is 4.79 Å². The Morgan fingerprint density at radius 1 is 1.35 bits per heavy atom. The molecule has 1 saturated carbocycles. The van der Waals surface area contributed by atoms with Crippen LogP contribution in [0.25, 0.3) is 0 Å². The van der Waals surface area contributed by atoms with E-state index in [0.29, 0.717) is 11.8 Å². The summed E-state index contributed by atoms with van der Waals surface area (Å²) >= 11 is 0. The predicted octanol–water partition coefficient (Wildman–Crippen LogP) is 1.35. The van der Waals surface area contributed by atoms with Crippen molar-refractivity contribution >= 4 is 12.0 Å². The van der Waals surface area contributed by atoms with Crippen molar-refractivity contribution in [1.82, 2.24) is 9.80 Å². The van der Waals surface area contributed by atoms with Gasteiger partial charge in [0.05, 0.1) is 5.92 Å². The maximum Gasteiger partial charge on any atom is 0.319 e. The van der Waals surface area contributed by atoms with E-state index >= 15 is 0 Å². The molecule has 0 bridgehead atoms. The molecule has 0 saturated heterocycles. The number of amides is 2. The lowest BCUT2D eigenvalue weighted by molar-refractivity contribution is -0.141. The van der Waals surface area contributed by atoms with Gasteiger partial charge in [-0.05, 0) is 18.3 Å². The molecule has 2 amide bonds. The van der Waals surface area contributed by atoms with Gasteiger partial charge in [0, 0.05) is 27.2 Å². The van der Waals surface area contributed by atoms with E-state index in [1.807, 2.05) is 0 Å². The molecule has 0 aromatic heterocycles. The minimum absolute atomic E-state index is 0.0998. The highest BCUT2D eigenvalue weighted by atomic mass is 16.4. The number of hydrogen-bond acceptors (Lipinski definition) is 2. The summed E-state index contributed by atoms with van der Waals surface area (Å²) < 4.78 is 0. The molecule has 5 heteroatoms. The Kier molecular flexibility index (Phi) is 4.37. The third kappa shape index (κ3) is 3.91. The maximum absolute atomic E-state index is 11.9. The molecule has 0 aromatic rings. The van der Waals surface area contributed by atoms with Gasteiger partial charge < -0.3 is 14.9 Å². The van der Waals surface area contributed by atoms with E-state index < -0.39 is 11.9 Å². The average Bonchev–Trinajstić information content (AvgIpc) is 2.92. The molecule has 0 aliphatic heterocycles. The van der Waals surface area contributed by atoms with Crippen LogP contribution in [0.15, 0.2) is 0 Å². The van der Waals surface area contributed by atoms with Crippen molar-refractivity contribution in [3.05, 3.63) is 0 Å². The first kappa shape index (κ1) is 13.8. The van der Waals surface area contributed by atoms with Crippen LogP contribution in [-0.4, -0.2) is 54.1 Å². The zero-order chi connectivity index (χ0) is 13.2. The monoisotopic (exact) mass is 242 g/mol. The summed E-state index contributed by atoms with van der Waals surface area (Å²) in [7, 11) is 3.42. The van der Waals surface area contributed by atoms with Crippen LogP contribution in [0.5, 0.6) is 0 Å². The SMILES string of the molecule is CC(CN(C)C(=O)N(C)CC1CC1C)C(=O)O. The number of urea groups is 1. The van der Waals surface area contributed by atoms with Crippen LogP contribution >= 0.6 is 0 Å². The molecular weight excluding hydrogens is 220 g/mol. The first-order chi connectivity index (χ1) is 7.82. The summed E-state index contributed by atoms with van der Waals surface area (Å²) in [5.74, 6) is -0.0666. The number of rotatable bonds is 5. The fraction of sp³-hybridized carbons (Fsp3) is 0.833. The summed E-state index contributed by atoms with van der Waals surface area (Å²) in [6, 6.07) is -0.0998. The Morgan fingerprint density at radius 3 is 2.29 bits per heavy atom. The number of hydrogen-bond donors (Lipinski definition) is 1. The quantitative estimate of drug-likeness (QED) is 0.791. The number of nitrogens with zero attached hydrogens (tertiary/aromatic N) is 2. The van der Waals surface area contributed by atoms with Crippen molar-refractivity contribution < 1.29 is 14.7 Å². The van der Waals surface area contributed by atoms with Gasteiger partial charge in [0.2, 0.25) is 0 Å². The first-order valence-corrected chi connectivity index (χ1v) is 6.02. The summed E-state index contributed by atoms with van der Waals surface area (Å²) in [4.78, 5) is 25.8. The van der Waals surface area contributed by atoms with E-state index in [4.69, 9.17) is 5.11 Å². The summed E-state index contributed by atoms with van der Waals surface area (Å²) in [5.41, 5.74) is 0. The van der Waals surface area contributed by atoms with Gasteiger partial charge in [-0.2, -0.15) is 0 Å². The number of carboxylic acid groups (broad SMARTS) is 1. The Morgan fingerprint density at radius 2 is 1.88 bits per heavy atom.